The minimum absolute atomic E-state index is 0.0772. The lowest BCUT2D eigenvalue weighted by molar-refractivity contribution is -0.137. The fraction of sp³-hybridized carbons (Fsp3) is 0.591. The molecule has 1 aliphatic carbocycles. The fourth-order valence-corrected chi connectivity index (χ4v) is 4.88. The summed E-state index contributed by atoms with van der Waals surface area (Å²) in [6, 6.07) is 1.92. The molecule has 1 aliphatic heterocycles. The van der Waals surface area contributed by atoms with Gasteiger partial charge in [0.25, 0.3) is 5.91 Å². The molecule has 1 atom stereocenters. The zero-order valence-corrected chi connectivity index (χ0v) is 18.8. The number of benzene rings is 1. The second-order valence-corrected chi connectivity index (χ2v) is 9.10. The van der Waals surface area contributed by atoms with E-state index in [4.69, 9.17) is 9.47 Å². The summed E-state index contributed by atoms with van der Waals surface area (Å²) >= 11 is 1.07. The predicted molar refractivity (Wildman–Crippen MR) is 115 cm³/mol. The molecule has 1 unspecified atom stereocenters. The second kappa shape index (κ2) is 9.83. The van der Waals surface area contributed by atoms with E-state index in [-0.39, 0.29) is 27.8 Å². The summed E-state index contributed by atoms with van der Waals surface area (Å²) in [6.45, 7) is 3.26. The smallest absolute Gasteiger partial charge is 0.416 e. The SMILES string of the molecule is COc1cc(C(F)(F)F)cc(SC)c1C(=O)N/C=C1/COCCC1NC1(C)CCCC1. The molecule has 0 bridgehead atoms. The van der Waals surface area contributed by atoms with E-state index >= 15 is 0 Å². The van der Waals surface area contributed by atoms with Crippen LogP contribution in [-0.2, 0) is 10.9 Å². The molecule has 0 spiro atoms. The Bertz CT molecular complexity index is 811. The van der Waals surface area contributed by atoms with E-state index in [9.17, 15) is 18.0 Å². The van der Waals surface area contributed by atoms with Crippen LogP contribution in [0.2, 0.25) is 0 Å². The van der Waals surface area contributed by atoms with Crippen molar-refractivity contribution < 1.29 is 27.4 Å². The molecule has 2 aliphatic rings. The number of hydrogen-bond donors (Lipinski definition) is 2. The minimum Gasteiger partial charge on any atom is -0.496 e. The highest BCUT2D eigenvalue weighted by Crippen LogP contribution is 2.38. The summed E-state index contributed by atoms with van der Waals surface area (Å²) in [4.78, 5) is 13.1. The van der Waals surface area contributed by atoms with Crippen molar-refractivity contribution in [2.45, 2.75) is 61.7 Å². The van der Waals surface area contributed by atoms with Crippen molar-refractivity contribution in [2.75, 3.05) is 26.6 Å². The van der Waals surface area contributed by atoms with Crippen molar-refractivity contribution in [1.82, 2.24) is 10.6 Å². The van der Waals surface area contributed by atoms with Crippen molar-refractivity contribution in [3.05, 3.63) is 35.0 Å². The average Bonchev–Trinajstić information content (AvgIpc) is 3.17. The summed E-state index contributed by atoms with van der Waals surface area (Å²) in [5.74, 6) is -0.623. The zero-order chi connectivity index (χ0) is 22.6. The van der Waals surface area contributed by atoms with Crippen LogP contribution in [0.15, 0.2) is 28.8 Å². The number of alkyl halides is 3. The Morgan fingerprint density at radius 2 is 2.03 bits per heavy atom. The van der Waals surface area contributed by atoms with Crippen LogP contribution in [0.5, 0.6) is 5.75 Å². The molecule has 2 fully saturated rings. The van der Waals surface area contributed by atoms with Crippen molar-refractivity contribution >= 4 is 17.7 Å². The number of methoxy groups -OCH3 is 1. The third-order valence-electron chi connectivity index (χ3n) is 5.95. The van der Waals surface area contributed by atoms with E-state index < -0.39 is 17.6 Å². The number of nitrogens with one attached hydrogen (secondary N) is 2. The molecule has 2 N–H and O–H groups in total. The van der Waals surface area contributed by atoms with Gasteiger partial charge in [-0.1, -0.05) is 12.8 Å². The minimum atomic E-state index is -4.52. The average molecular weight is 459 g/mol. The first kappa shape index (κ1) is 23.9. The first-order valence-electron chi connectivity index (χ1n) is 10.4. The molecule has 3 rings (SSSR count). The number of amides is 1. The van der Waals surface area contributed by atoms with E-state index in [1.54, 1.807) is 12.5 Å². The van der Waals surface area contributed by atoms with E-state index in [0.717, 1.165) is 48.7 Å². The van der Waals surface area contributed by atoms with Crippen LogP contribution in [-0.4, -0.2) is 44.1 Å². The Morgan fingerprint density at radius 1 is 1.32 bits per heavy atom. The molecule has 0 radical (unpaired) electrons. The summed E-state index contributed by atoms with van der Waals surface area (Å²) in [5.41, 5.74) is 0.236. The van der Waals surface area contributed by atoms with Gasteiger partial charge in [-0.2, -0.15) is 13.2 Å². The third-order valence-corrected chi connectivity index (χ3v) is 6.71. The van der Waals surface area contributed by atoms with Gasteiger partial charge < -0.3 is 20.1 Å². The maximum Gasteiger partial charge on any atom is 0.416 e. The van der Waals surface area contributed by atoms with Gasteiger partial charge in [-0.15, -0.1) is 11.8 Å². The molecule has 9 heteroatoms. The number of carbonyl (C=O) groups excluding carboxylic acids is 1. The Morgan fingerprint density at radius 3 is 2.65 bits per heavy atom. The van der Waals surface area contributed by atoms with Gasteiger partial charge >= 0.3 is 6.18 Å². The van der Waals surface area contributed by atoms with Crippen molar-refractivity contribution in [2.24, 2.45) is 0 Å². The van der Waals surface area contributed by atoms with Crippen LogP contribution < -0.4 is 15.4 Å². The lowest BCUT2D eigenvalue weighted by Crippen LogP contribution is -2.49. The van der Waals surface area contributed by atoms with Gasteiger partial charge in [0, 0.05) is 29.3 Å². The lowest BCUT2D eigenvalue weighted by Gasteiger charge is -2.35. The van der Waals surface area contributed by atoms with Gasteiger partial charge in [0.05, 0.1) is 24.8 Å². The molecule has 31 heavy (non-hydrogen) atoms. The molecule has 172 valence electrons. The van der Waals surface area contributed by atoms with E-state index in [0.29, 0.717) is 13.2 Å². The summed E-state index contributed by atoms with van der Waals surface area (Å²) in [7, 11) is 1.26. The summed E-state index contributed by atoms with van der Waals surface area (Å²) in [6.07, 6.45) is 4.16. The van der Waals surface area contributed by atoms with Gasteiger partial charge in [0.2, 0.25) is 0 Å². The van der Waals surface area contributed by atoms with E-state index in [2.05, 4.69) is 17.6 Å². The van der Waals surface area contributed by atoms with E-state index in [1.807, 2.05) is 0 Å². The van der Waals surface area contributed by atoms with Gasteiger partial charge in [0.15, 0.2) is 0 Å². The molecule has 0 aromatic heterocycles. The molecule has 1 saturated carbocycles. The number of halogens is 3. The Balaban J connectivity index is 1.82. The summed E-state index contributed by atoms with van der Waals surface area (Å²) in [5, 5.41) is 6.47. The van der Waals surface area contributed by atoms with Crippen molar-refractivity contribution in [1.29, 1.82) is 0 Å². The van der Waals surface area contributed by atoms with Gasteiger partial charge in [-0.25, -0.2) is 0 Å². The Hall–Kier alpha value is -1.71. The topological polar surface area (TPSA) is 59.6 Å². The Labute approximate surface area is 185 Å². The normalized spacial score (nSPS) is 22.5. The molecule has 1 aromatic carbocycles. The van der Waals surface area contributed by atoms with Crippen LogP contribution in [0.1, 0.15) is 54.9 Å². The second-order valence-electron chi connectivity index (χ2n) is 8.25. The summed E-state index contributed by atoms with van der Waals surface area (Å²) < 4.78 is 50.3. The maximum absolute atomic E-state index is 13.2. The molecule has 1 heterocycles. The van der Waals surface area contributed by atoms with Gasteiger partial charge in [-0.05, 0) is 50.1 Å². The van der Waals surface area contributed by atoms with Crippen molar-refractivity contribution in [3.63, 3.8) is 0 Å². The van der Waals surface area contributed by atoms with Crippen LogP contribution in [0, 0.1) is 0 Å². The Kier molecular flexibility index (Phi) is 7.59. The lowest BCUT2D eigenvalue weighted by atomic mass is 9.95. The molecule has 5 nitrogen and oxygen atoms in total. The highest BCUT2D eigenvalue weighted by Gasteiger charge is 2.34. The maximum atomic E-state index is 13.2. The number of carbonyl (C=O) groups is 1. The van der Waals surface area contributed by atoms with Gasteiger partial charge in [0.1, 0.15) is 5.75 Å². The number of ether oxygens (including phenoxy) is 2. The molecular weight excluding hydrogens is 429 g/mol. The first-order valence-corrected chi connectivity index (χ1v) is 11.6. The highest BCUT2D eigenvalue weighted by atomic mass is 32.2. The number of rotatable bonds is 6. The van der Waals surface area contributed by atoms with Crippen LogP contribution in [0.3, 0.4) is 0 Å². The number of hydrogen-bond acceptors (Lipinski definition) is 5. The van der Waals surface area contributed by atoms with Crippen LogP contribution in [0.25, 0.3) is 0 Å². The molecular formula is C22H29F3N2O3S. The zero-order valence-electron chi connectivity index (χ0n) is 18.0. The van der Waals surface area contributed by atoms with Crippen LogP contribution in [0.4, 0.5) is 13.2 Å². The predicted octanol–water partition coefficient (Wildman–Crippen LogP) is 4.76. The fourth-order valence-electron chi connectivity index (χ4n) is 4.23. The van der Waals surface area contributed by atoms with Gasteiger partial charge in [-0.3, -0.25) is 4.79 Å². The largest absolute Gasteiger partial charge is 0.496 e. The van der Waals surface area contributed by atoms with Crippen LogP contribution >= 0.6 is 11.8 Å². The first-order chi connectivity index (χ1) is 14.7. The van der Waals surface area contributed by atoms with Crippen molar-refractivity contribution in [3.8, 4) is 5.75 Å². The monoisotopic (exact) mass is 458 g/mol. The molecule has 1 amide bonds. The standard InChI is InChI=1S/C22H29F3N2O3S/c1-21(7-4-5-8-21)27-16-6-9-30-13-14(16)12-26-20(28)19-17(29-2)10-15(22(23,24)25)11-18(19)31-3/h10-12,16,27H,4-9,13H2,1-3H3,(H,26,28)/b14-12-. The van der Waals surface area contributed by atoms with E-state index in [1.165, 1.54) is 20.0 Å². The third kappa shape index (κ3) is 5.75. The quantitative estimate of drug-likeness (QED) is 0.602. The molecule has 1 aromatic rings. The highest BCUT2D eigenvalue weighted by molar-refractivity contribution is 7.98. The molecule has 1 saturated heterocycles. The number of thioether (sulfide) groups is 1.